The van der Waals surface area contributed by atoms with E-state index < -0.39 is 0 Å². The summed E-state index contributed by atoms with van der Waals surface area (Å²) in [6.45, 7) is 3.02. The number of ether oxygens (including phenoxy) is 1. The molecular formula is C16H31NO. The average Bonchev–Trinajstić information content (AvgIpc) is 3.18. The summed E-state index contributed by atoms with van der Waals surface area (Å²) in [5.41, 5.74) is 0.134. The Hall–Kier alpha value is -0.0800. The van der Waals surface area contributed by atoms with Crippen molar-refractivity contribution in [2.24, 2.45) is 5.92 Å². The zero-order valence-corrected chi connectivity index (χ0v) is 12.3. The van der Waals surface area contributed by atoms with Crippen molar-refractivity contribution in [1.82, 2.24) is 5.32 Å². The Labute approximate surface area is 113 Å². The molecule has 0 aliphatic heterocycles. The van der Waals surface area contributed by atoms with Crippen molar-refractivity contribution in [3.05, 3.63) is 0 Å². The van der Waals surface area contributed by atoms with Gasteiger partial charge in [-0.25, -0.2) is 0 Å². The summed E-state index contributed by atoms with van der Waals surface area (Å²) >= 11 is 0. The average molecular weight is 253 g/mol. The quantitative estimate of drug-likeness (QED) is 0.695. The van der Waals surface area contributed by atoms with Gasteiger partial charge in [0.1, 0.15) is 0 Å². The topological polar surface area (TPSA) is 21.3 Å². The van der Waals surface area contributed by atoms with Gasteiger partial charge in [-0.3, -0.25) is 0 Å². The lowest BCUT2D eigenvalue weighted by Gasteiger charge is -2.40. The van der Waals surface area contributed by atoms with Crippen LogP contribution < -0.4 is 5.32 Å². The van der Waals surface area contributed by atoms with Crippen LogP contribution in [0, 0.1) is 5.92 Å². The molecule has 0 radical (unpaired) electrons. The van der Waals surface area contributed by atoms with Crippen LogP contribution in [0.3, 0.4) is 0 Å². The van der Waals surface area contributed by atoms with Crippen LogP contribution >= 0.6 is 0 Å². The summed E-state index contributed by atoms with van der Waals surface area (Å²) in [5, 5.41) is 3.58. The molecule has 106 valence electrons. The Morgan fingerprint density at radius 3 is 2.33 bits per heavy atom. The second-order valence-corrected chi connectivity index (χ2v) is 6.27. The standard InChI is InChI=1S/C16H31NO/c1-3-18-16(12-6-4-5-7-13-16)15(17-2)11-10-14-8-9-14/h14-15,17H,3-13H2,1-2H3. The second-order valence-electron chi connectivity index (χ2n) is 6.27. The van der Waals surface area contributed by atoms with E-state index in [0.29, 0.717) is 6.04 Å². The highest BCUT2D eigenvalue weighted by molar-refractivity contribution is 4.95. The van der Waals surface area contributed by atoms with E-state index in [-0.39, 0.29) is 5.60 Å². The Morgan fingerprint density at radius 2 is 1.83 bits per heavy atom. The van der Waals surface area contributed by atoms with E-state index in [1.807, 2.05) is 0 Å². The van der Waals surface area contributed by atoms with Gasteiger partial charge < -0.3 is 10.1 Å². The summed E-state index contributed by atoms with van der Waals surface area (Å²) in [6.07, 6.45) is 13.7. The molecule has 2 fully saturated rings. The maximum Gasteiger partial charge on any atom is 0.0834 e. The monoisotopic (exact) mass is 253 g/mol. The molecule has 1 N–H and O–H groups in total. The number of nitrogens with one attached hydrogen (secondary N) is 1. The Balaban J connectivity index is 1.97. The normalized spacial score (nSPS) is 25.7. The van der Waals surface area contributed by atoms with Crippen molar-refractivity contribution >= 4 is 0 Å². The Bertz CT molecular complexity index is 229. The minimum absolute atomic E-state index is 0.134. The number of hydrogen-bond donors (Lipinski definition) is 1. The van der Waals surface area contributed by atoms with Gasteiger partial charge >= 0.3 is 0 Å². The largest absolute Gasteiger partial charge is 0.374 e. The molecule has 2 nitrogen and oxygen atoms in total. The third-order valence-corrected chi connectivity index (χ3v) is 4.93. The van der Waals surface area contributed by atoms with Gasteiger partial charge in [-0.05, 0) is 45.6 Å². The van der Waals surface area contributed by atoms with Gasteiger partial charge in [-0.1, -0.05) is 38.5 Å². The highest BCUT2D eigenvalue weighted by Crippen LogP contribution is 2.39. The summed E-state index contributed by atoms with van der Waals surface area (Å²) in [6, 6.07) is 0.566. The fourth-order valence-corrected chi connectivity index (χ4v) is 3.69. The van der Waals surface area contributed by atoms with Gasteiger partial charge in [0.25, 0.3) is 0 Å². The van der Waals surface area contributed by atoms with Gasteiger partial charge in [0.15, 0.2) is 0 Å². The zero-order valence-electron chi connectivity index (χ0n) is 12.3. The van der Waals surface area contributed by atoms with Crippen molar-refractivity contribution < 1.29 is 4.74 Å². The van der Waals surface area contributed by atoms with E-state index >= 15 is 0 Å². The fraction of sp³-hybridized carbons (Fsp3) is 1.00. The molecule has 0 amide bonds. The predicted octanol–water partition coefficient (Wildman–Crippen LogP) is 3.89. The van der Waals surface area contributed by atoms with Crippen LogP contribution in [-0.2, 0) is 4.74 Å². The molecule has 0 aromatic heterocycles. The molecule has 2 heteroatoms. The summed E-state index contributed by atoms with van der Waals surface area (Å²) < 4.78 is 6.29. The molecule has 0 saturated heterocycles. The van der Waals surface area contributed by atoms with Crippen molar-refractivity contribution in [3.8, 4) is 0 Å². The van der Waals surface area contributed by atoms with Crippen molar-refractivity contribution in [1.29, 1.82) is 0 Å². The first-order valence-corrected chi connectivity index (χ1v) is 8.12. The third-order valence-electron chi connectivity index (χ3n) is 4.93. The smallest absolute Gasteiger partial charge is 0.0834 e. The van der Waals surface area contributed by atoms with E-state index in [4.69, 9.17) is 4.74 Å². The van der Waals surface area contributed by atoms with Crippen LogP contribution in [0.5, 0.6) is 0 Å². The van der Waals surface area contributed by atoms with Crippen LogP contribution in [0.15, 0.2) is 0 Å². The second kappa shape index (κ2) is 6.91. The van der Waals surface area contributed by atoms with Crippen LogP contribution in [0.4, 0.5) is 0 Å². The van der Waals surface area contributed by atoms with Crippen molar-refractivity contribution in [3.63, 3.8) is 0 Å². The number of likely N-dealkylation sites (N-methyl/N-ethyl adjacent to an activating group) is 1. The lowest BCUT2D eigenvalue weighted by atomic mass is 9.83. The van der Waals surface area contributed by atoms with Crippen LogP contribution in [-0.4, -0.2) is 25.3 Å². The van der Waals surface area contributed by atoms with Gasteiger partial charge in [0.2, 0.25) is 0 Å². The molecule has 2 saturated carbocycles. The molecule has 18 heavy (non-hydrogen) atoms. The van der Waals surface area contributed by atoms with E-state index in [1.165, 1.54) is 64.2 Å². The molecule has 0 heterocycles. The number of hydrogen-bond acceptors (Lipinski definition) is 2. The highest BCUT2D eigenvalue weighted by atomic mass is 16.5. The lowest BCUT2D eigenvalue weighted by molar-refractivity contribution is -0.0776. The van der Waals surface area contributed by atoms with E-state index in [9.17, 15) is 0 Å². The minimum Gasteiger partial charge on any atom is -0.374 e. The molecule has 1 atom stereocenters. The lowest BCUT2D eigenvalue weighted by Crippen LogP contribution is -2.51. The molecule has 0 aromatic carbocycles. The van der Waals surface area contributed by atoms with Gasteiger partial charge in [0, 0.05) is 12.6 Å². The van der Waals surface area contributed by atoms with Gasteiger partial charge in [-0.15, -0.1) is 0 Å². The zero-order chi connectivity index (χ0) is 12.8. The third kappa shape index (κ3) is 3.71. The fourth-order valence-electron chi connectivity index (χ4n) is 3.69. The summed E-state index contributed by atoms with van der Waals surface area (Å²) in [4.78, 5) is 0. The van der Waals surface area contributed by atoms with E-state index in [1.54, 1.807) is 0 Å². The van der Waals surface area contributed by atoms with Gasteiger partial charge in [0.05, 0.1) is 5.60 Å². The first-order chi connectivity index (χ1) is 8.80. The maximum absolute atomic E-state index is 6.29. The van der Waals surface area contributed by atoms with Gasteiger partial charge in [-0.2, -0.15) is 0 Å². The maximum atomic E-state index is 6.29. The predicted molar refractivity (Wildman–Crippen MR) is 76.9 cm³/mol. The molecular weight excluding hydrogens is 222 g/mol. The first kappa shape index (κ1) is 14.3. The summed E-state index contributed by atoms with van der Waals surface area (Å²) in [7, 11) is 2.13. The molecule has 0 spiro atoms. The molecule has 0 aromatic rings. The molecule has 1 unspecified atom stereocenters. The Morgan fingerprint density at radius 1 is 1.17 bits per heavy atom. The molecule has 0 bridgehead atoms. The summed E-state index contributed by atoms with van der Waals surface area (Å²) in [5.74, 6) is 1.03. The van der Waals surface area contributed by atoms with Crippen molar-refractivity contribution in [2.45, 2.75) is 82.8 Å². The minimum atomic E-state index is 0.134. The molecule has 2 aliphatic rings. The van der Waals surface area contributed by atoms with E-state index in [2.05, 4.69) is 19.3 Å². The molecule has 2 aliphatic carbocycles. The van der Waals surface area contributed by atoms with Crippen LogP contribution in [0.2, 0.25) is 0 Å². The Kier molecular flexibility index (Phi) is 5.50. The SMILES string of the molecule is CCOC1(C(CCC2CC2)NC)CCCCCC1. The first-order valence-electron chi connectivity index (χ1n) is 8.12. The van der Waals surface area contributed by atoms with Crippen molar-refractivity contribution in [2.75, 3.05) is 13.7 Å². The van der Waals surface area contributed by atoms with E-state index in [0.717, 1.165) is 12.5 Å². The number of rotatable bonds is 7. The van der Waals surface area contributed by atoms with Crippen LogP contribution in [0.25, 0.3) is 0 Å². The highest BCUT2D eigenvalue weighted by Gasteiger charge is 2.39. The van der Waals surface area contributed by atoms with Crippen LogP contribution in [0.1, 0.15) is 71.1 Å². The molecule has 2 rings (SSSR count).